The summed E-state index contributed by atoms with van der Waals surface area (Å²) in [5.41, 5.74) is 0.264. The lowest BCUT2D eigenvalue weighted by atomic mass is 10.1. The van der Waals surface area contributed by atoms with E-state index in [0.29, 0.717) is 5.69 Å². The summed E-state index contributed by atoms with van der Waals surface area (Å²) < 4.78 is 0.867. The van der Waals surface area contributed by atoms with Crippen molar-refractivity contribution in [2.45, 2.75) is 26.3 Å². The Hall–Kier alpha value is -0.650. The molecule has 0 aromatic carbocycles. The van der Waals surface area contributed by atoms with Crippen LogP contribution in [0.5, 0.6) is 0 Å². The van der Waals surface area contributed by atoms with Crippen LogP contribution < -0.4 is 5.32 Å². The van der Waals surface area contributed by atoms with Gasteiger partial charge in [0.15, 0.2) is 0 Å². The zero-order valence-electron chi connectivity index (χ0n) is 8.47. The number of hydrogen-bond donors (Lipinski definition) is 1. The van der Waals surface area contributed by atoms with Crippen molar-refractivity contribution in [1.82, 2.24) is 10.3 Å². The van der Waals surface area contributed by atoms with Gasteiger partial charge in [-0.25, -0.2) is 4.98 Å². The third-order valence-corrected chi connectivity index (χ3v) is 2.33. The first-order valence-corrected chi connectivity index (χ1v) is 5.41. The molecular weight excluding hydrogens is 291 g/mol. The Morgan fingerprint density at radius 2 is 2.14 bits per heavy atom. The standard InChI is InChI=1S/C10H13IN2O/c1-10(2,3)13-9(14)8-7(11)5-4-6-12-8/h4-6H,1-3H3,(H,13,14). The molecule has 0 unspecified atom stereocenters. The van der Waals surface area contributed by atoms with Crippen LogP contribution in [0.4, 0.5) is 0 Å². The van der Waals surface area contributed by atoms with Crippen LogP contribution >= 0.6 is 22.6 Å². The largest absolute Gasteiger partial charge is 0.346 e. The van der Waals surface area contributed by atoms with Crippen LogP contribution in [0.3, 0.4) is 0 Å². The smallest absolute Gasteiger partial charge is 0.271 e. The summed E-state index contributed by atoms with van der Waals surface area (Å²) in [6, 6.07) is 3.68. The minimum Gasteiger partial charge on any atom is -0.346 e. The lowest BCUT2D eigenvalue weighted by Crippen LogP contribution is -2.41. The van der Waals surface area contributed by atoms with Gasteiger partial charge < -0.3 is 5.32 Å². The first-order valence-electron chi connectivity index (χ1n) is 4.33. The first kappa shape index (κ1) is 11.4. The number of aromatic nitrogens is 1. The number of carbonyl (C=O) groups excluding carboxylic acids is 1. The SMILES string of the molecule is CC(C)(C)NC(=O)c1ncccc1I. The lowest BCUT2D eigenvalue weighted by Gasteiger charge is -2.20. The van der Waals surface area contributed by atoms with E-state index in [0.717, 1.165) is 3.57 Å². The monoisotopic (exact) mass is 304 g/mol. The van der Waals surface area contributed by atoms with E-state index in [9.17, 15) is 4.79 Å². The van der Waals surface area contributed by atoms with Crippen LogP contribution in [0.25, 0.3) is 0 Å². The molecule has 0 atom stereocenters. The second kappa shape index (κ2) is 4.25. The van der Waals surface area contributed by atoms with Gasteiger partial charge in [0.25, 0.3) is 5.91 Å². The minimum atomic E-state index is -0.225. The van der Waals surface area contributed by atoms with Crippen molar-refractivity contribution in [2.24, 2.45) is 0 Å². The second-order valence-electron chi connectivity index (χ2n) is 4.04. The van der Waals surface area contributed by atoms with Gasteiger partial charge in [0.2, 0.25) is 0 Å². The van der Waals surface area contributed by atoms with E-state index < -0.39 is 0 Å². The molecule has 76 valence electrons. The third-order valence-electron chi connectivity index (χ3n) is 1.46. The van der Waals surface area contributed by atoms with Crippen LogP contribution in [-0.4, -0.2) is 16.4 Å². The molecule has 1 aromatic heterocycles. The topological polar surface area (TPSA) is 42.0 Å². The Bertz CT molecular complexity index is 344. The summed E-state index contributed by atoms with van der Waals surface area (Å²) in [5.74, 6) is -0.123. The molecular formula is C10H13IN2O. The highest BCUT2D eigenvalue weighted by Crippen LogP contribution is 2.09. The molecule has 3 nitrogen and oxygen atoms in total. The fraction of sp³-hybridized carbons (Fsp3) is 0.400. The van der Waals surface area contributed by atoms with Crippen molar-refractivity contribution < 1.29 is 4.79 Å². The number of amides is 1. The van der Waals surface area contributed by atoms with Gasteiger partial charge in [-0.1, -0.05) is 0 Å². The molecule has 0 spiro atoms. The number of carbonyl (C=O) groups is 1. The van der Waals surface area contributed by atoms with E-state index in [2.05, 4.69) is 32.9 Å². The molecule has 1 amide bonds. The molecule has 0 bridgehead atoms. The fourth-order valence-corrected chi connectivity index (χ4v) is 1.54. The number of rotatable bonds is 1. The molecule has 1 rings (SSSR count). The molecule has 4 heteroatoms. The average Bonchev–Trinajstić information content (AvgIpc) is 2.01. The number of nitrogens with zero attached hydrogens (tertiary/aromatic N) is 1. The summed E-state index contributed by atoms with van der Waals surface area (Å²) in [7, 11) is 0. The fourth-order valence-electron chi connectivity index (χ4n) is 0.953. The summed E-state index contributed by atoms with van der Waals surface area (Å²) in [6.07, 6.45) is 1.62. The number of nitrogens with one attached hydrogen (secondary N) is 1. The van der Waals surface area contributed by atoms with Crippen molar-refractivity contribution in [3.05, 3.63) is 27.6 Å². The molecule has 0 aliphatic carbocycles. The predicted octanol–water partition coefficient (Wildman–Crippen LogP) is 2.21. The van der Waals surface area contributed by atoms with Crippen molar-refractivity contribution >= 4 is 28.5 Å². The molecule has 1 aromatic rings. The van der Waals surface area contributed by atoms with E-state index in [1.807, 2.05) is 32.9 Å². The first-order chi connectivity index (χ1) is 6.40. The summed E-state index contributed by atoms with van der Waals surface area (Å²) in [6.45, 7) is 5.84. The highest BCUT2D eigenvalue weighted by atomic mass is 127. The van der Waals surface area contributed by atoms with Crippen molar-refractivity contribution in [3.63, 3.8) is 0 Å². The molecule has 14 heavy (non-hydrogen) atoms. The van der Waals surface area contributed by atoms with Gasteiger partial charge in [-0.2, -0.15) is 0 Å². The number of halogens is 1. The molecule has 1 N–H and O–H groups in total. The maximum atomic E-state index is 11.7. The van der Waals surface area contributed by atoms with Crippen LogP contribution in [0.1, 0.15) is 31.3 Å². The van der Waals surface area contributed by atoms with Crippen LogP contribution in [0.15, 0.2) is 18.3 Å². The van der Waals surface area contributed by atoms with E-state index in [1.54, 1.807) is 6.20 Å². The van der Waals surface area contributed by atoms with E-state index in [1.165, 1.54) is 0 Å². The van der Waals surface area contributed by atoms with Gasteiger partial charge in [-0.05, 0) is 55.5 Å². The molecule has 0 saturated carbocycles. The Labute approximate surface area is 97.4 Å². The van der Waals surface area contributed by atoms with Gasteiger partial charge in [-0.3, -0.25) is 4.79 Å². The van der Waals surface area contributed by atoms with Crippen molar-refractivity contribution in [3.8, 4) is 0 Å². The van der Waals surface area contributed by atoms with Crippen molar-refractivity contribution in [2.75, 3.05) is 0 Å². The number of hydrogen-bond acceptors (Lipinski definition) is 2. The van der Waals surface area contributed by atoms with Crippen LogP contribution in [0.2, 0.25) is 0 Å². The quantitative estimate of drug-likeness (QED) is 0.808. The van der Waals surface area contributed by atoms with E-state index in [4.69, 9.17) is 0 Å². The van der Waals surface area contributed by atoms with Gasteiger partial charge in [0.1, 0.15) is 5.69 Å². The Kier molecular flexibility index (Phi) is 3.47. The van der Waals surface area contributed by atoms with Crippen LogP contribution in [-0.2, 0) is 0 Å². The minimum absolute atomic E-state index is 0.123. The highest BCUT2D eigenvalue weighted by Gasteiger charge is 2.17. The normalized spacial score (nSPS) is 11.1. The summed E-state index contributed by atoms with van der Waals surface area (Å²) >= 11 is 2.10. The Balaban J connectivity index is 2.86. The lowest BCUT2D eigenvalue weighted by molar-refractivity contribution is 0.0913. The highest BCUT2D eigenvalue weighted by molar-refractivity contribution is 14.1. The van der Waals surface area contributed by atoms with Crippen molar-refractivity contribution in [1.29, 1.82) is 0 Å². The maximum absolute atomic E-state index is 11.7. The van der Waals surface area contributed by atoms with E-state index >= 15 is 0 Å². The summed E-state index contributed by atoms with van der Waals surface area (Å²) in [4.78, 5) is 15.7. The second-order valence-corrected chi connectivity index (χ2v) is 5.20. The zero-order chi connectivity index (χ0) is 10.8. The molecule has 0 aliphatic rings. The predicted molar refractivity (Wildman–Crippen MR) is 64.2 cm³/mol. The average molecular weight is 304 g/mol. The van der Waals surface area contributed by atoms with Gasteiger partial charge in [0, 0.05) is 15.3 Å². The molecule has 0 aliphatic heterocycles. The van der Waals surface area contributed by atoms with Gasteiger partial charge in [-0.15, -0.1) is 0 Å². The maximum Gasteiger partial charge on any atom is 0.271 e. The Morgan fingerprint density at radius 3 is 2.64 bits per heavy atom. The molecule has 0 saturated heterocycles. The number of pyridine rings is 1. The Morgan fingerprint density at radius 1 is 1.50 bits per heavy atom. The molecule has 1 heterocycles. The van der Waals surface area contributed by atoms with Crippen LogP contribution in [0, 0.1) is 3.57 Å². The zero-order valence-corrected chi connectivity index (χ0v) is 10.6. The van der Waals surface area contributed by atoms with E-state index in [-0.39, 0.29) is 11.4 Å². The molecule has 0 radical (unpaired) electrons. The summed E-state index contributed by atoms with van der Waals surface area (Å²) in [5, 5.41) is 2.87. The molecule has 0 fully saturated rings. The van der Waals surface area contributed by atoms with Gasteiger partial charge >= 0.3 is 0 Å². The van der Waals surface area contributed by atoms with Gasteiger partial charge in [0.05, 0.1) is 0 Å². The third kappa shape index (κ3) is 3.25.